The van der Waals surface area contributed by atoms with Gasteiger partial charge in [-0.15, -0.1) is 5.10 Å². The van der Waals surface area contributed by atoms with Gasteiger partial charge >= 0.3 is 0 Å². The normalized spacial score (nSPS) is 29.1. The number of tetrazole rings is 1. The van der Waals surface area contributed by atoms with Crippen molar-refractivity contribution < 1.29 is 22.7 Å². The quantitative estimate of drug-likeness (QED) is 0.370. The Balaban J connectivity index is 1.27. The highest BCUT2D eigenvalue weighted by molar-refractivity contribution is 7.90. The van der Waals surface area contributed by atoms with Gasteiger partial charge in [-0.2, -0.15) is 0 Å². The van der Waals surface area contributed by atoms with E-state index in [9.17, 15) is 13.2 Å². The van der Waals surface area contributed by atoms with Crippen molar-refractivity contribution in [1.82, 2.24) is 24.9 Å². The van der Waals surface area contributed by atoms with Gasteiger partial charge in [0, 0.05) is 36.1 Å². The van der Waals surface area contributed by atoms with E-state index >= 15 is 0 Å². The molecule has 7 rings (SSSR count). The van der Waals surface area contributed by atoms with Gasteiger partial charge in [0.15, 0.2) is 5.82 Å². The molecule has 1 N–H and O–H groups in total. The SMILES string of the molecule is CC[C@@H]1CC/C=C\[C@H](OCc2nnnn2C)[C@@H]2CC[C@H]2CN2C[C@@]3(CCCc4cc(Cl)ccc43)COc3ccc(cc32)C(=O)NS1(=O)=O. The fourth-order valence-corrected chi connectivity index (χ4v) is 9.64. The minimum atomic E-state index is -3.91. The molecule has 1 aromatic heterocycles. The Labute approximate surface area is 287 Å². The Morgan fingerprint density at radius 3 is 2.81 bits per heavy atom. The molecule has 11 nitrogen and oxygen atoms in total. The van der Waals surface area contributed by atoms with E-state index in [1.807, 2.05) is 25.1 Å². The van der Waals surface area contributed by atoms with Gasteiger partial charge in [-0.25, -0.2) is 17.8 Å². The van der Waals surface area contributed by atoms with Gasteiger partial charge in [-0.05, 0) is 115 Å². The number of benzene rings is 2. The second-order valence-electron chi connectivity index (χ2n) is 13.8. The molecule has 3 aromatic rings. The van der Waals surface area contributed by atoms with Crippen LogP contribution in [0.1, 0.15) is 79.2 Å². The van der Waals surface area contributed by atoms with E-state index in [0.717, 1.165) is 49.4 Å². The van der Waals surface area contributed by atoms with E-state index in [4.69, 9.17) is 21.1 Å². The first kappa shape index (κ1) is 33.0. The molecule has 1 fully saturated rings. The summed E-state index contributed by atoms with van der Waals surface area (Å²) in [6, 6.07) is 11.5. The molecule has 256 valence electrons. The molecular formula is C35H43ClN6O5S. The molecule has 5 atom stereocenters. The van der Waals surface area contributed by atoms with Crippen LogP contribution in [-0.2, 0) is 40.3 Å². The lowest BCUT2D eigenvalue weighted by atomic mass is 9.68. The lowest BCUT2D eigenvalue weighted by Gasteiger charge is -2.46. The number of nitrogens with one attached hydrogen (secondary N) is 1. The Morgan fingerprint density at radius 2 is 2.04 bits per heavy atom. The number of fused-ring (bicyclic) bond motifs is 4. The third kappa shape index (κ3) is 6.46. The molecular weight excluding hydrogens is 652 g/mol. The van der Waals surface area contributed by atoms with Crippen molar-refractivity contribution in [1.29, 1.82) is 0 Å². The number of nitrogens with zero attached hydrogens (tertiary/aromatic N) is 5. The van der Waals surface area contributed by atoms with Crippen LogP contribution in [0.15, 0.2) is 48.6 Å². The van der Waals surface area contributed by atoms with Gasteiger partial charge in [-0.1, -0.05) is 36.7 Å². The van der Waals surface area contributed by atoms with E-state index in [0.29, 0.717) is 55.5 Å². The fraction of sp³-hybridized carbons (Fsp3) is 0.543. The van der Waals surface area contributed by atoms with Gasteiger partial charge < -0.3 is 14.4 Å². The fourth-order valence-electron chi connectivity index (χ4n) is 8.02. The molecule has 0 radical (unpaired) electrons. The number of sulfonamides is 1. The zero-order chi connectivity index (χ0) is 33.5. The summed E-state index contributed by atoms with van der Waals surface area (Å²) in [5, 5.41) is 11.8. The maximum absolute atomic E-state index is 13.5. The minimum Gasteiger partial charge on any atom is -0.490 e. The molecule has 1 spiro atoms. The summed E-state index contributed by atoms with van der Waals surface area (Å²) >= 11 is 6.45. The number of rotatable bonds is 4. The van der Waals surface area contributed by atoms with Crippen molar-refractivity contribution in [2.45, 2.75) is 81.7 Å². The number of anilines is 1. The third-order valence-electron chi connectivity index (χ3n) is 10.9. The van der Waals surface area contributed by atoms with Crippen molar-refractivity contribution in [2.24, 2.45) is 18.9 Å². The van der Waals surface area contributed by atoms with Gasteiger partial charge in [-0.3, -0.25) is 4.79 Å². The van der Waals surface area contributed by atoms with E-state index < -0.39 is 21.2 Å². The molecule has 2 aromatic carbocycles. The number of carbonyl (C=O) groups excluding carboxylic acids is 1. The Kier molecular flexibility index (Phi) is 9.25. The first-order valence-electron chi connectivity index (χ1n) is 17.0. The summed E-state index contributed by atoms with van der Waals surface area (Å²) in [4.78, 5) is 15.9. The Bertz CT molecular complexity index is 1810. The standard InChI is InChI=1S/C35H43ClN6O5S/c1-3-27-8-4-5-9-31(46-20-33-37-39-40-41(33)2)28-13-10-25(28)19-42-21-35(16-6-7-23-17-26(36)12-14-29(23)35)22-47-32-15-11-24(18-30(32)42)34(43)38-48(27,44)45/h5,9,11-12,14-15,17-18,25,27-28,31H,3-4,6-8,10,13,16,19-22H2,1-2H3,(H,38,43)/b9-5-/t25-,27+,28+,31-,35-/m0/s1. The summed E-state index contributed by atoms with van der Waals surface area (Å²) in [6.07, 6.45) is 10.3. The van der Waals surface area contributed by atoms with Crippen molar-refractivity contribution >= 4 is 33.2 Å². The average molecular weight is 695 g/mol. The predicted octanol–water partition coefficient (Wildman–Crippen LogP) is 5.14. The van der Waals surface area contributed by atoms with E-state index in [1.54, 1.807) is 23.9 Å². The van der Waals surface area contributed by atoms with Crippen LogP contribution >= 0.6 is 11.6 Å². The number of aromatic nitrogens is 4. The summed E-state index contributed by atoms with van der Waals surface area (Å²) in [7, 11) is -2.12. The number of aryl methyl sites for hydroxylation is 2. The van der Waals surface area contributed by atoms with Gasteiger partial charge in [0.25, 0.3) is 5.91 Å². The largest absolute Gasteiger partial charge is 0.490 e. The van der Waals surface area contributed by atoms with E-state index in [1.165, 1.54) is 11.1 Å². The number of hydrogen-bond acceptors (Lipinski definition) is 9. The number of amides is 1. The number of allylic oxidation sites excluding steroid dienone is 1. The molecule has 1 saturated carbocycles. The highest BCUT2D eigenvalue weighted by Gasteiger charge is 2.44. The zero-order valence-electron chi connectivity index (χ0n) is 27.5. The average Bonchev–Trinajstić information content (AvgIpc) is 3.40. The lowest BCUT2D eigenvalue weighted by Crippen LogP contribution is -2.49. The smallest absolute Gasteiger partial charge is 0.264 e. The topological polar surface area (TPSA) is 129 Å². The molecule has 3 heterocycles. The second kappa shape index (κ2) is 13.4. The van der Waals surface area contributed by atoms with Crippen molar-refractivity contribution in [2.75, 3.05) is 24.6 Å². The highest BCUT2D eigenvalue weighted by atomic mass is 35.5. The first-order chi connectivity index (χ1) is 23.2. The highest BCUT2D eigenvalue weighted by Crippen LogP contribution is 2.47. The van der Waals surface area contributed by atoms with Gasteiger partial charge in [0.2, 0.25) is 10.0 Å². The molecule has 4 aliphatic rings. The monoisotopic (exact) mass is 694 g/mol. The summed E-state index contributed by atoms with van der Waals surface area (Å²) in [6.45, 7) is 4.04. The van der Waals surface area contributed by atoms with E-state index in [-0.39, 0.29) is 24.0 Å². The van der Waals surface area contributed by atoms with Gasteiger partial charge in [0.1, 0.15) is 12.4 Å². The van der Waals surface area contributed by atoms with E-state index in [2.05, 4.69) is 43.4 Å². The summed E-state index contributed by atoms with van der Waals surface area (Å²) < 4.78 is 44.0. The number of carbonyl (C=O) groups is 1. The van der Waals surface area contributed by atoms with Crippen molar-refractivity contribution in [3.8, 4) is 5.75 Å². The molecule has 13 heteroatoms. The summed E-state index contributed by atoms with van der Waals surface area (Å²) in [5.41, 5.74) is 3.35. The van der Waals surface area contributed by atoms with Gasteiger partial charge in [0.05, 0.1) is 23.6 Å². The molecule has 2 aliphatic heterocycles. The Morgan fingerprint density at radius 1 is 1.17 bits per heavy atom. The van der Waals surface area contributed by atoms with Crippen LogP contribution in [0.5, 0.6) is 5.75 Å². The predicted molar refractivity (Wildman–Crippen MR) is 183 cm³/mol. The van der Waals surface area contributed by atoms with Crippen LogP contribution in [0.25, 0.3) is 0 Å². The van der Waals surface area contributed by atoms with Crippen LogP contribution in [0, 0.1) is 11.8 Å². The van der Waals surface area contributed by atoms with Crippen LogP contribution in [-0.4, -0.2) is 65.6 Å². The van der Waals surface area contributed by atoms with Crippen LogP contribution in [0.4, 0.5) is 5.69 Å². The maximum Gasteiger partial charge on any atom is 0.264 e. The minimum absolute atomic E-state index is 0.190. The summed E-state index contributed by atoms with van der Waals surface area (Å²) in [5.74, 6) is 1.28. The van der Waals surface area contributed by atoms with Crippen molar-refractivity contribution in [3.63, 3.8) is 0 Å². The maximum atomic E-state index is 13.5. The lowest BCUT2D eigenvalue weighted by molar-refractivity contribution is -0.0257. The molecule has 0 unspecified atom stereocenters. The number of ether oxygens (including phenoxy) is 2. The van der Waals surface area contributed by atoms with Crippen LogP contribution < -0.4 is 14.4 Å². The molecule has 2 bridgehead atoms. The Hall–Kier alpha value is -3.48. The van der Waals surface area contributed by atoms with Crippen molar-refractivity contribution in [3.05, 3.63) is 76.1 Å². The first-order valence-corrected chi connectivity index (χ1v) is 18.9. The number of halogens is 1. The molecule has 2 aliphatic carbocycles. The van der Waals surface area contributed by atoms with Crippen LogP contribution in [0.2, 0.25) is 5.02 Å². The molecule has 1 amide bonds. The zero-order valence-corrected chi connectivity index (χ0v) is 29.0. The third-order valence-corrected chi connectivity index (χ3v) is 13.0. The molecule has 0 saturated heterocycles. The number of hydrogen-bond donors (Lipinski definition) is 1. The molecule has 48 heavy (non-hydrogen) atoms. The van der Waals surface area contributed by atoms with Crippen LogP contribution in [0.3, 0.4) is 0 Å². The second-order valence-corrected chi connectivity index (χ2v) is 16.2.